The minimum atomic E-state index is -0.993. The lowest BCUT2D eigenvalue weighted by molar-refractivity contribution is -0.139. The van der Waals surface area contributed by atoms with Crippen LogP contribution in [0.3, 0.4) is 0 Å². The Hall–Kier alpha value is -2.04. The van der Waals surface area contributed by atoms with E-state index in [0.29, 0.717) is 13.0 Å². The summed E-state index contributed by atoms with van der Waals surface area (Å²) < 4.78 is 0. The molecule has 1 rings (SSSR count). The summed E-state index contributed by atoms with van der Waals surface area (Å²) in [5, 5.41) is 14.3. The first-order chi connectivity index (χ1) is 10.1. The van der Waals surface area contributed by atoms with E-state index in [9.17, 15) is 9.59 Å². The number of rotatable bonds is 8. The van der Waals surface area contributed by atoms with Crippen molar-refractivity contribution in [2.45, 2.75) is 52.1 Å². The fourth-order valence-corrected chi connectivity index (χ4v) is 2.13. The topological polar surface area (TPSA) is 78.4 Å². The van der Waals surface area contributed by atoms with Crippen molar-refractivity contribution in [3.63, 3.8) is 0 Å². The van der Waals surface area contributed by atoms with Gasteiger partial charge in [-0.2, -0.15) is 0 Å². The molecule has 2 amide bonds. The van der Waals surface area contributed by atoms with Crippen LogP contribution in [0.15, 0.2) is 24.3 Å². The lowest BCUT2D eigenvalue weighted by atomic mass is 10.1. The molecule has 116 valence electrons. The summed E-state index contributed by atoms with van der Waals surface area (Å²) in [6.07, 6.45) is 3.02. The molecule has 0 fully saturated rings. The molecule has 1 aromatic rings. The average molecular weight is 292 g/mol. The number of aryl methyl sites for hydroxylation is 1. The molecule has 0 heterocycles. The maximum atomic E-state index is 11.8. The first kappa shape index (κ1) is 17.0. The zero-order chi connectivity index (χ0) is 15.7. The summed E-state index contributed by atoms with van der Waals surface area (Å²) in [5.74, 6) is -0.993. The van der Waals surface area contributed by atoms with Gasteiger partial charge in [0.05, 0.1) is 0 Å². The number of carboxylic acids is 1. The van der Waals surface area contributed by atoms with Crippen LogP contribution in [0.2, 0.25) is 0 Å². The quantitative estimate of drug-likeness (QED) is 0.689. The highest BCUT2D eigenvalue weighted by Gasteiger charge is 2.18. The highest BCUT2D eigenvalue weighted by molar-refractivity contribution is 5.82. The van der Waals surface area contributed by atoms with Crippen molar-refractivity contribution in [1.29, 1.82) is 0 Å². The number of hydrogen-bond donors (Lipinski definition) is 3. The van der Waals surface area contributed by atoms with Gasteiger partial charge < -0.3 is 15.7 Å². The van der Waals surface area contributed by atoms with Crippen LogP contribution in [0.5, 0.6) is 0 Å². The van der Waals surface area contributed by atoms with Gasteiger partial charge in [0.25, 0.3) is 0 Å². The van der Waals surface area contributed by atoms with E-state index in [2.05, 4.69) is 17.6 Å². The van der Waals surface area contributed by atoms with Crippen molar-refractivity contribution >= 4 is 12.0 Å². The first-order valence-corrected chi connectivity index (χ1v) is 7.42. The van der Waals surface area contributed by atoms with Crippen LogP contribution in [0.4, 0.5) is 4.79 Å². The van der Waals surface area contributed by atoms with Crippen LogP contribution in [0.1, 0.15) is 44.2 Å². The van der Waals surface area contributed by atoms with E-state index in [4.69, 9.17) is 5.11 Å². The number of hydrogen-bond acceptors (Lipinski definition) is 2. The van der Waals surface area contributed by atoms with E-state index in [1.165, 1.54) is 5.56 Å². The third-order valence-electron chi connectivity index (χ3n) is 3.39. The molecule has 0 aliphatic heterocycles. The van der Waals surface area contributed by atoms with Crippen LogP contribution in [0, 0.1) is 0 Å². The Kier molecular flexibility index (Phi) is 7.29. The van der Waals surface area contributed by atoms with Gasteiger partial charge in [-0.1, -0.05) is 51.0 Å². The maximum Gasteiger partial charge on any atom is 0.326 e. The lowest BCUT2D eigenvalue weighted by Crippen LogP contribution is -2.45. The van der Waals surface area contributed by atoms with Crippen LogP contribution in [-0.4, -0.2) is 23.1 Å². The van der Waals surface area contributed by atoms with E-state index < -0.39 is 18.0 Å². The monoisotopic (exact) mass is 292 g/mol. The van der Waals surface area contributed by atoms with Gasteiger partial charge in [-0.15, -0.1) is 0 Å². The Morgan fingerprint density at radius 1 is 1.19 bits per heavy atom. The van der Waals surface area contributed by atoms with Gasteiger partial charge >= 0.3 is 12.0 Å². The number of unbranched alkanes of at least 4 members (excludes halogenated alkanes) is 1. The van der Waals surface area contributed by atoms with Crippen molar-refractivity contribution in [3.8, 4) is 0 Å². The predicted molar refractivity (Wildman–Crippen MR) is 82.1 cm³/mol. The van der Waals surface area contributed by atoms with Crippen molar-refractivity contribution in [3.05, 3.63) is 35.4 Å². The third kappa shape index (κ3) is 5.85. The van der Waals surface area contributed by atoms with E-state index in [-0.39, 0.29) is 0 Å². The van der Waals surface area contributed by atoms with Crippen molar-refractivity contribution in [2.75, 3.05) is 0 Å². The Balaban J connectivity index is 2.50. The Labute approximate surface area is 125 Å². The van der Waals surface area contributed by atoms with Gasteiger partial charge in [0.1, 0.15) is 6.04 Å². The Morgan fingerprint density at radius 2 is 1.86 bits per heavy atom. The molecule has 21 heavy (non-hydrogen) atoms. The minimum Gasteiger partial charge on any atom is -0.480 e. The number of urea groups is 1. The van der Waals surface area contributed by atoms with Gasteiger partial charge in [-0.25, -0.2) is 9.59 Å². The van der Waals surface area contributed by atoms with Gasteiger partial charge in [-0.05, 0) is 24.0 Å². The number of carbonyl (C=O) groups excluding carboxylic acids is 1. The SMILES string of the molecule is CCCC[C@H](NC(=O)NCc1ccccc1CC)C(=O)O. The molecule has 0 saturated heterocycles. The summed E-state index contributed by atoms with van der Waals surface area (Å²) >= 11 is 0. The summed E-state index contributed by atoms with van der Waals surface area (Å²) in [6.45, 7) is 4.45. The number of carbonyl (C=O) groups is 2. The average Bonchev–Trinajstić information content (AvgIpc) is 2.49. The molecule has 0 unspecified atom stereocenters. The van der Waals surface area contributed by atoms with E-state index in [1.807, 2.05) is 31.2 Å². The molecule has 0 bridgehead atoms. The number of nitrogens with one attached hydrogen (secondary N) is 2. The molecule has 0 aromatic heterocycles. The largest absolute Gasteiger partial charge is 0.480 e. The zero-order valence-corrected chi connectivity index (χ0v) is 12.7. The number of benzene rings is 1. The van der Waals surface area contributed by atoms with Gasteiger partial charge in [0.2, 0.25) is 0 Å². The van der Waals surface area contributed by atoms with Crippen molar-refractivity contribution < 1.29 is 14.7 Å². The maximum absolute atomic E-state index is 11.8. The van der Waals surface area contributed by atoms with Gasteiger partial charge in [0.15, 0.2) is 0 Å². The number of carboxylic acid groups (broad SMARTS) is 1. The fourth-order valence-electron chi connectivity index (χ4n) is 2.13. The fraction of sp³-hybridized carbons (Fsp3) is 0.500. The smallest absolute Gasteiger partial charge is 0.326 e. The molecule has 5 heteroatoms. The summed E-state index contributed by atoms with van der Waals surface area (Å²) in [6, 6.07) is 6.61. The van der Waals surface area contributed by atoms with Crippen molar-refractivity contribution in [1.82, 2.24) is 10.6 Å². The standard InChI is InChI=1S/C16H24N2O3/c1-3-5-10-14(15(19)20)18-16(21)17-11-13-9-7-6-8-12(13)4-2/h6-9,14H,3-5,10-11H2,1-2H3,(H,19,20)(H2,17,18,21)/t14-/m0/s1. The predicted octanol–water partition coefficient (Wildman–Crippen LogP) is 2.69. The lowest BCUT2D eigenvalue weighted by Gasteiger charge is -2.15. The molecule has 1 aromatic carbocycles. The van der Waals surface area contributed by atoms with Gasteiger partial charge in [0, 0.05) is 6.54 Å². The Bertz CT molecular complexity index is 474. The molecule has 0 saturated carbocycles. The van der Waals surface area contributed by atoms with E-state index in [0.717, 1.165) is 24.8 Å². The van der Waals surface area contributed by atoms with E-state index in [1.54, 1.807) is 0 Å². The van der Waals surface area contributed by atoms with Crippen LogP contribution in [0.25, 0.3) is 0 Å². The second kappa shape index (κ2) is 9.00. The van der Waals surface area contributed by atoms with Crippen molar-refractivity contribution in [2.24, 2.45) is 0 Å². The van der Waals surface area contributed by atoms with Gasteiger partial charge in [-0.3, -0.25) is 0 Å². The van der Waals surface area contributed by atoms with Crippen LogP contribution < -0.4 is 10.6 Å². The highest BCUT2D eigenvalue weighted by Crippen LogP contribution is 2.09. The Morgan fingerprint density at radius 3 is 2.43 bits per heavy atom. The second-order valence-electron chi connectivity index (χ2n) is 4.98. The van der Waals surface area contributed by atoms with E-state index >= 15 is 0 Å². The minimum absolute atomic E-state index is 0.399. The second-order valence-corrected chi connectivity index (χ2v) is 4.98. The zero-order valence-electron chi connectivity index (χ0n) is 12.7. The summed E-state index contributed by atoms with van der Waals surface area (Å²) in [4.78, 5) is 22.9. The third-order valence-corrected chi connectivity index (χ3v) is 3.39. The molecule has 0 aliphatic rings. The molecule has 0 spiro atoms. The molecule has 3 N–H and O–H groups in total. The molecule has 0 aliphatic carbocycles. The molecular formula is C16H24N2O3. The molecule has 1 atom stereocenters. The number of aliphatic carboxylic acids is 1. The normalized spacial score (nSPS) is 11.7. The van der Waals surface area contributed by atoms with Crippen LogP contribution in [-0.2, 0) is 17.8 Å². The molecule has 5 nitrogen and oxygen atoms in total. The summed E-state index contributed by atoms with van der Waals surface area (Å²) in [5.41, 5.74) is 2.23. The molecule has 0 radical (unpaired) electrons. The highest BCUT2D eigenvalue weighted by atomic mass is 16.4. The van der Waals surface area contributed by atoms with Crippen LogP contribution >= 0.6 is 0 Å². The molecular weight excluding hydrogens is 268 g/mol. The summed E-state index contributed by atoms with van der Waals surface area (Å²) in [7, 11) is 0. The first-order valence-electron chi connectivity index (χ1n) is 7.42. The number of amides is 2.